The highest BCUT2D eigenvalue weighted by atomic mass is 32.2. The van der Waals surface area contributed by atoms with Crippen molar-refractivity contribution in [3.8, 4) is 5.75 Å². The first-order valence-corrected chi connectivity index (χ1v) is 11.4. The molecule has 0 saturated carbocycles. The lowest BCUT2D eigenvalue weighted by Crippen LogP contribution is -2.33. The Morgan fingerprint density at radius 2 is 2.07 bits per heavy atom. The molecule has 8 nitrogen and oxygen atoms in total. The molecule has 0 aliphatic carbocycles. The molecule has 162 valence electrons. The van der Waals surface area contributed by atoms with E-state index in [4.69, 9.17) is 9.72 Å². The lowest BCUT2D eigenvalue weighted by molar-refractivity contribution is 0.307. The number of halogens is 1. The van der Waals surface area contributed by atoms with Gasteiger partial charge in [-0.2, -0.15) is 4.31 Å². The summed E-state index contributed by atoms with van der Waals surface area (Å²) in [5.74, 6) is 0.706. The van der Waals surface area contributed by atoms with Gasteiger partial charge in [-0.3, -0.25) is 0 Å². The number of sulfonamides is 1. The third-order valence-corrected chi connectivity index (χ3v) is 7.65. The number of aromatic nitrogens is 2. The number of nitrogens with one attached hydrogen (secondary N) is 1. The van der Waals surface area contributed by atoms with E-state index in [1.807, 2.05) is 14.1 Å². The Hall–Kier alpha value is -2.30. The van der Waals surface area contributed by atoms with Crippen molar-refractivity contribution in [2.75, 3.05) is 39.6 Å². The summed E-state index contributed by atoms with van der Waals surface area (Å²) in [7, 11) is 1.24. The number of hydrogen-bond donors (Lipinski definition) is 1. The Balaban J connectivity index is 1.75. The van der Waals surface area contributed by atoms with Crippen LogP contribution in [0.4, 0.5) is 10.2 Å². The molecule has 2 aliphatic heterocycles. The Kier molecular flexibility index (Phi) is 5.65. The number of methoxy groups -OCH3 is 1. The maximum absolute atomic E-state index is 13.9. The molecular formula is C20H26FN5O3S. The van der Waals surface area contributed by atoms with Crippen LogP contribution >= 0.6 is 0 Å². The molecule has 30 heavy (non-hydrogen) atoms. The van der Waals surface area contributed by atoms with Gasteiger partial charge in [0.2, 0.25) is 10.0 Å². The zero-order valence-corrected chi connectivity index (χ0v) is 18.2. The van der Waals surface area contributed by atoms with Gasteiger partial charge in [0.15, 0.2) is 0 Å². The summed E-state index contributed by atoms with van der Waals surface area (Å²) in [5, 5.41) is 3.14. The van der Waals surface area contributed by atoms with E-state index in [-0.39, 0.29) is 10.6 Å². The van der Waals surface area contributed by atoms with E-state index < -0.39 is 21.9 Å². The molecular weight excluding hydrogens is 409 g/mol. The number of rotatable bonds is 5. The molecule has 2 aliphatic rings. The Bertz CT molecular complexity index is 1050. The van der Waals surface area contributed by atoms with Gasteiger partial charge in [-0.1, -0.05) is 0 Å². The van der Waals surface area contributed by atoms with Crippen molar-refractivity contribution >= 4 is 15.8 Å². The number of benzene rings is 1. The summed E-state index contributed by atoms with van der Waals surface area (Å²) >= 11 is 0. The molecule has 10 heteroatoms. The first kappa shape index (κ1) is 21.0. The summed E-state index contributed by atoms with van der Waals surface area (Å²) in [6.07, 6.45) is 2.07. The fourth-order valence-corrected chi connectivity index (χ4v) is 6.01. The van der Waals surface area contributed by atoms with Gasteiger partial charge in [0, 0.05) is 38.7 Å². The summed E-state index contributed by atoms with van der Waals surface area (Å²) in [4.78, 5) is 11.5. The monoisotopic (exact) mass is 435 g/mol. The van der Waals surface area contributed by atoms with Crippen LogP contribution in [0.3, 0.4) is 0 Å². The van der Waals surface area contributed by atoms with Crippen LogP contribution < -0.4 is 10.1 Å². The average molecular weight is 436 g/mol. The molecule has 1 aromatic heterocycles. The first-order valence-electron chi connectivity index (χ1n) is 9.96. The molecule has 1 saturated heterocycles. The molecule has 1 fully saturated rings. The van der Waals surface area contributed by atoms with Crippen LogP contribution in [0.5, 0.6) is 5.75 Å². The van der Waals surface area contributed by atoms with Crippen LogP contribution in [0.1, 0.15) is 36.0 Å². The lowest BCUT2D eigenvalue weighted by Gasteiger charge is -2.28. The van der Waals surface area contributed by atoms with Gasteiger partial charge in [-0.25, -0.2) is 22.8 Å². The van der Waals surface area contributed by atoms with Crippen molar-refractivity contribution in [2.45, 2.75) is 36.7 Å². The Labute approximate surface area is 176 Å². The number of likely N-dealkylation sites (N-methyl/N-ethyl adjacent to an activating group) is 1. The summed E-state index contributed by atoms with van der Waals surface area (Å²) in [6, 6.07) is 3.02. The highest BCUT2D eigenvalue weighted by Gasteiger charge is 2.40. The van der Waals surface area contributed by atoms with E-state index in [0.29, 0.717) is 25.2 Å². The van der Waals surface area contributed by atoms with E-state index in [2.05, 4.69) is 15.2 Å². The minimum atomic E-state index is -3.99. The molecule has 0 radical (unpaired) electrons. The minimum Gasteiger partial charge on any atom is -0.495 e. The molecule has 2 aromatic rings. The maximum Gasteiger partial charge on any atom is 0.247 e. The van der Waals surface area contributed by atoms with Crippen molar-refractivity contribution in [1.29, 1.82) is 0 Å². The second kappa shape index (κ2) is 8.09. The first-order chi connectivity index (χ1) is 14.3. The Morgan fingerprint density at radius 3 is 2.80 bits per heavy atom. The van der Waals surface area contributed by atoms with Crippen molar-refractivity contribution in [3.05, 3.63) is 41.1 Å². The van der Waals surface area contributed by atoms with Gasteiger partial charge in [0.1, 0.15) is 28.1 Å². The second-order valence-corrected chi connectivity index (χ2v) is 9.52. The van der Waals surface area contributed by atoms with E-state index in [1.54, 1.807) is 0 Å². The topological polar surface area (TPSA) is 87.7 Å². The number of anilines is 1. The number of ether oxygens (including phenoxy) is 1. The van der Waals surface area contributed by atoms with Gasteiger partial charge < -0.3 is 15.0 Å². The van der Waals surface area contributed by atoms with Crippen LogP contribution in [-0.2, 0) is 23.0 Å². The predicted octanol–water partition coefficient (Wildman–Crippen LogP) is 2.18. The average Bonchev–Trinajstić information content (AvgIpc) is 3.24. The molecule has 4 rings (SSSR count). The van der Waals surface area contributed by atoms with Crippen LogP contribution in [0, 0.1) is 5.82 Å². The van der Waals surface area contributed by atoms with Crippen molar-refractivity contribution < 1.29 is 17.5 Å². The lowest BCUT2D eigenvalue weighted by atomic mass is 10.1. The van der Waals surface area contributed by atoms with E-state index in [9.17, 15) is 12.8 Å². The fourth-order valence-electron chi connectivity index (χ4n) is 4.19. The minimum absolute atomic E-state index is 0.118. The molecule has 0 unspecified atom stereocenters. The summed E-state index contributed by atoms with van der Waals surface area (Å²) in [6.45, 7) is 1.96. The molecule has 0 bridgehead atoms. The van der Waals surface area contributed by atoms with Crippen LogP contribution in [-0.4, -0.2) is 61.9 Å². The Morgan fingerprint density at radius 1 is 1.27 bits per heavy atom. The van der Waals surface area contributed by atoms with E-state index >= 15 is 0 Å². The van der Waals surface area contributed by atoms with Crippen LogP contribution in [0.2, 0.25) is 0 Å². The number of hydrogen-bond acceptors (Lipinski definition) is 7. The second-order valence-electron chi connectivity index (χ2n) is 7.66. The quantitative estimate of drug-likeness (QED) is 0.770. The summed E-state index contributed by atoms with van der Waals surface area (Å²) < 4.78 is 47.3. The normalized spacial score (nSPS) is 20.2. The maximum atomic E-state index is 13.9. The SMILES string of the molecule is CNc1nc([C@H]2CCCN2S(=O)(=O)c2cc(F)ccc2OC)nc2c1CN(C)CC2. The zero-order chi connectivity index (χ0) is 21.5. The van der Waals surface area contributed by atoms with Gasteiger partial charge in [0.05, 0.1) is 18.8 Å². The van der Waals surface area contributed by atoms with Crippen molar-refractivity contribution in [3.63, 3.8) is 0 Å². The predicted molar refractivity (Wildman–Crippen MR) is 110 cm³/mol. The highest BCUT2D eigenvalue weighted by Crippen LogP contribution is 2.39. The zero-order valence-electron chi connectivity index (χ0n) is 17.4. The third kappa shape index (κ3) is 3.63. The van der Waals surface area contributed by atoms with Gasteiger partial charge >= 0.3 is 0 Å². The van der Waals surface area contributed by atoms with Crippen LogP contribution in [0.25, 0.3) is 0 Å². The van der Waals surface area contributed by atoms with Gasteiger partial charge in [-0.15, -0.1) is 0 Å². The molecule has 1 N–H and O–H groups in total. The largest absolute Gasteiger partial charge is 0.495 e. The third-order valence-electron chi connectivity index (χ3n) is 5.72. The molecule has 1 atom stereocenters. The highest BCUT2D eigenvalue weighted by molar-refractivity contribution is 7.89. The van der Waals surface area contributed by atoms with Crippen molar-refractivity contribution in [2.24, 2.45) is 0 Å². The van der Waals surface area contributed by atoms with Crippen molar-refractivity contribution in [1.82, 2.24) is 19.2 Å². The molecule has 3 heterocycles. The number of fused-ring (bicyclic) bond motifs is 1. The van der Waals surface area contributed by atoms with Gasteiger partial charge in [0.25, 0.3) is 0 Å². The van der Waals surface area contributed by atoms with Gasteiger partial charge in [-0.05, 0) is 38.1 Å². The summed E-state index contributed by atoms with van der Waals surface area (Å²) in [5.41, 5.74) is 2.00. The van der Waals surface area contributed by atoms with E-state index in [1.165, 1.54) is 23.5 Å². The standard InChI is InChI=1S/C20H26FN5O3S/c1-22-19-14-12-25(2)10-8-15(14)23-20(24-19)16-5-4-9-26(16)30(27,28)18-11-13(21)6-7-17(18)29-3/h6-7,11,16H,4-5,8-10,12H2,1-3H3,(H,22,23,24)/t16-/m1/s1. The molecule has 0 spiro atoms. The molecule has 0 amide bonds. The fraction of sp³-hybridized carbons (Fsp3) is 0.500. The molecule has 1 aromatic carbocycles. The smallest absolute Gasteiger partial charge is 0.247 e. The number of nitrogens with zero attached hydrogens (tertiary/aromatic N) is 4. The van der Waals surface area contributed by atoms with E-state index in [0.717, 1.165) is 42.7 Å². The van der Waals surface area contributed by atoms with Crippen LogP contribution in [0.15, 0.2) is 23.1 Å².